The number of nitrogens with one attached hydrogen (secondary N) is 1. The van der Waals surface area contributed by atoms with Crippen LogP contribution >= 0.6 is 11.6 Å². The van der Waals surface area contributed by atoms with Crippen LogP contribution < -0.4 is 5.32 Å². The Hall–Kier alpha value is -0.570. The number of nitrogens with zero attached hydrogens (tertiary/aromatic N) is 1. The van der Waals surface area contributed by atoms with Gasteiger partial charge in [-0.1, -0.05) is 23.7 Å². The zero-order chi connectivity index (χ0) is 12.5. The highest BCUT2D eigenvalue weighted by atomic mass is 35.5. The van der Waals surface area contributed by atoms with Crippen molar-refractivity contribution in [2.24, 2.45) is 5.92 Å². The molecule has 2 saturated heterocycles. The van der Waals surface area contributed by atoms with Gasteiger partial charge < -0.3 is 5.32 Å². The third kappa shape index (κ3) is 2.56. The van der Waals surface area contributed by atoms with Crippen LogP contribution in [-0.2, 0) is 6.54 Å². The Labute approximate surface area is 114 Å². The molecule has 2 unspecified atom stereocenters. The fraction of sp³-hybridized carbons (Fsp3) is 0.600. The van der Waals surface area contributed by atoms with E-state index in [1.165, 1.54) is 43.6 Å². The summed E-state index contributed by atoms with van der Waals surface area (Å²) in [6.45, 7) is 6.68. The standard InChI is InChI=1S/C15H21ClN2/c1-11-4-5-12(14(16)7-11)8-18-9-13-3-2-6-17-15(13)10-18/h4-5,7,13,15,17H,2-3,6,8-10H2,1H3. The van der Waals surface area contributed by atoms with Gasteiger partial charge in [0.25, 0.3) is 0 Å². The number of fused-ring (bicyclic) bond motifs is 1. The maximum Gasteiger partial charge on any atom is 0.0453 e. The average molecular weight is 265 g/mol. The third-order valence-electron chi connectivity index (χ3n) is 4.28. The van der Waals surface area contributed by atoms with E-state index in [9.17, 15) is 0 Å². The SMILES string of the molecule is Cc1ccc(CN2CC3CCCNC3C2)c(Cl)c1. The molecule has 1 aromatic carbocycles. The first kappa shape index (κ1) is 12.5. The van der Waals surface area contributed by atoms with Crippen LogP contribution in [0.3, 0.4) is 0 Å². The molecule has 0 spiro atoms. The van der Waals surface area contributed by atoms with Crippen molar-refractivity contribution in [3.8, 4) is 0 Å². The average Bonchev–Trinajstić information content (AvgIpc) is 2.75. The van der Waals surface area contributed by atoms with Crippen molar-refractivity contribution < 1.29 is 0 Å². The van der Waals surface area contributed by atoms with Crippen LogP contribution in [0.5, 0.6) is 0 Å². The molecule has 2 heterocycles. The number of hydrogen-bond acceptors (Lipinski definition) is 2. The molecule has 0 aliphatic carbocycles. The summed E-state index contributed by atoms with van der Waals surface area (Å²) < 4.78 is 0. The molecular weight excluding hydrogens is 244 g/mol. The van der Waals surface area contributed by atoms with Gasteiger partial charge in [-0.05, 0) is 49.4 Å². The molecule has 0 saturated carbocycles. The smallest absolute Gasteiger partial charge is 0.0453 e. The van der Waals surface area contributed by atoms with Crippen molar-refractivity contribution in [2.45, 2.75) is 32.4 Å². The highest BCUT2D eigenvalue weighted by Crippen LogP contribution is 2.27. The van der Waals surface area contributed by atoms with Gasteiger partial charge in [-0.15, -0.1) is 0 Å². The molecule has 2 nitrogen and oxygen atoms in total. The highest BCUT2D eigenvalue weighted by Gasteiger charge is 2.34. The van der Waals surface area contributed by atoms with E-state index >= 15 is 0 Å². The summed E-state index contributed by atoms with van der Waals surface area (Å²) in [6, 6.07) is 7.11. The van der Waals surface area contributed by atoms with E-state index in [4.69, 9.17) is 11.6 Å². The van der Waals surface area contributed by atoms with Crippen LogP contribution in [0.2, 0.25) is 5.02 Å². The summed E-state index contributed by atoms with van der Waals surface area (Å²) in [7, 11) is 0. The third-order valence-corrected chi connectivity index (χ3v) is 4.63. The van der Waals surface area contributed by atoms with Crippen LogP contribution in [0.4, 0.5) is 0 Å². The van der Waals surface area contributed by atoms with E-state index in [-0.39, 0.29) is 0 Å². The van der Waals surface area contributed by atoms with E-state index in [1.807, 2.05) is 0 Å². The van der Waals surface area contributed by atoms with Crippen molar-refractivity contribution in [1.82, 2.24) is 10.2 Å². The maximum atomic E-state index is 6.32. The molecule has 2 aliphatic heterocycles. The molecule has 0 aromatic heterocycles. The van der Waals surface area contributed by atoms with E-state index in [1.54, 1.807) is 0 Å². The Bertz CT molecular complexity index is 419. The largest absolute Gasteiger partial charge is 0.312 e. The minimum absolute atomic E-state index is 0.711. The van der Waals surface area contributed by atoms with E-state index in [0.29, 0.717) is 6.04 Å². The molecule has 0 radical (unpaired) electrons. The summed E-state index contributed by atoms with van der Waals surface area (Å²) in [5.41, 5.74) is 2.50. The van der Waals surface area contributed by atoms with Gasteiger partial charge in [0.1, 0.15) is 0 Å². The Morgan fingerprint density at radius 3 is 3.06 bits per heavy atom. The first-order chi connectivity index (χ1) is 8.72. The van der Waals surface area contributed by atoms with Gasteiger partial charge in [-0.3, -0.25) is 4.90 Å². The number of rotatable bonds is 2. The molecule has 2 aliphatic rings. The van der Waals surface area contributed by atoms with Crippen LogP contribution in [0.1, 0.15) is 24.0 Å². The van der Waals surface area contributed by atoms with Crippen LogP contribution in [0.15, 0.2) is 18.2 Å². The summed E-state index contributed by atoms with van der Waals surface area (Å²) in [6.07, 6.45) is 2.72. The lowest BCUT2D eigenvalue weighted by atomic mass is 9.94. The van der Waals surface area contributed by atoms with Gasteiger partial charge in [-0.25, -0.2) is 0 Å². The molecule has 0 bridgehead atoms. The number of piperidine rings is 1. The second kappa shape index (κ2) is 5.20. The lowest BCUT2D eigenvalue weighted by Crippen LogP contribution is -2.40. The van der Waals surface area contributed by atoms with Crippen molar-refractivity contribution in [2.75, 3.05) is 19.6 Å². The highest BCUT2D eigenvalue weighted by molar-refractivity contribution is 6.31. The van der Waals surface area contributed by atoms with Crippen molar-refractivity contribution >= 4 is 11.6 Å². The molecule has 98 valence electrons. The van der Waals surface area contributed by atoms with Gasteiger partial charge in [0.2, 0.25) is 0 Å². The molecule has 18 heavy (non-hydrogen) atoms. The molecule has 1 N–H and O–H groups in total. The van der Waals surface area contributed by atoms with E-state index in [0.717, 1.165) is 17.5 Å². The fourth-order valence-electron chi connectivity index (χ4n) is 3.29. The number of hydrogen-bond donors (Lipinski definition) is 1. The molecule has 2 fully saturated rings. The quantitative estimate of drug-likeness (QED) is 0.884. The number of aryl methyl sites for hydroxylation is 1. The monoisotopic (exact) mass is 264 g/mol. The molecule has 3 heteroatoms. The molecule has 0 amide bonds. The molecule has 3 rings (SSSR count). The van der Waals surface area contributed by atoms with Gasteiger partial charge in [0.15, 0.2) is 0 Å². The first-order valence-electron chi connectivity index (χ1n) is 6.93. The van der Waals surface area contributed by atoms with Gasteiger partial charge in [0, 0.05) is 30.7 Å². The van der Waals surface area contributed by atoms with E-state index < -0.39 is 0 Å². The number of halogens is 1. The van der Waals surface area contributed by atoms with Crippen molar-refractivity contribution in [3.63, 3.8) is 0 Å². The second-order valence-corrected chi connectivity index (χ2v) is 6.16. The van der Waals surface area contributed by atoms with E-state index in [2.05, 4.69) is 35.3 Å². The Morgan fingerprint density at radius 2 is 2.28 bits per heavy atom. The number of likely N-dealkylation sites (tertiary alicyclic amines) is 1. The van der Waals surface area contributed by atoms with Crippen LogP contribution in [-0.4, -0.2) is 30.6 Å². The van der Waals surface area contributed by atoms with Crippen LogP contribution in [0.25, 0.3) is 0 Å². The van der Waals surface area contributed by atoms with Crippen LogP contribution in [0, 0.1) is 12.8 Å². The zero-order valence-electron chi connectivity index (χ0n) is 11.0. The molecule has 1 aromatic rings. The summed E-state index contributed by atoms with van der Waals surface area (Å²) in [5.74, 6) is 0.850. The summed E-state index contributed by atoms with van der Waals surface area (Å²) in [5, 5.41) is 4.56. The molecular formula is C15H21ClN2. The van der Waals surface area contributed by atoms with Crippen molar-refractivity contribution in [3.05, 3.63) is 34.3 Å². The minimum Gasteiger partial charge on any atom is -0.312 e. The van der Waals surface area contributed by atoms with Gasteiger partial charge in [-0.2, -0.15) is 0 Å². The predicted molar refractivity (Wildman–Crippen MR) is 76.0 cm³/mol. The molecule has 2 atom stereocenters. The lowest BCUT2D eigenvalue weighted by molar-refractivity contribution is 0.313. The maximum absolute atomic E-state index is 6.32. The topological polar surface area (TPSA) is 15.3 Å². The number of benzene rings is 1. The zero-order valence-corrected chi connectivity index (χ0v) is 11.7. The minimum atomic E-state index is 0.711. The van der Waals surface area contributed by atoms with Gasteiger partial charge >= 0.3 is 0 Å². The normalized spacial score (nSPS) is 28.3. The summed E-state index contributed by atoms with van der Waals surface area (Å²) >= 11 is 6.32. The van der Waals surface area contributed by atoms with Crippen molar-refractivity contribution in [1.29, 1.82) is 0 Å². The Kier molecular flexibility index (Phi) is 3.60. The summed E-state index contributed by atoms with van der Waals surface area (Å²) in [4.78, 5) is 2.55. The second-order valence-electron chi connectivity index (χ2n) is 5.75. The lowest BCUT2D eigenvalue weighted by Gasteiger charge is -2.24. The first-order valence-corrected chi connectivity index (χ1v) is 7.31. The fourth-order valence-corrected chi connectivity index (χ4v) is 3.58. The Morgan fingerprint density at radius 1 is 1.39 bits per heavy atom. The van der Waals surface area contributed by atoms with Gasteiger partial charge in [0.05, 0.1) is 0 Å². The Balaban J connectivity index is 1.66. The predicted octanol–water partition coefficient (Wildman–Crippen LogP) is 2.83.